The molecule has 3 N–H and O–H groups in total. The number of benzene rings is 1. The number of anilines is 2. The van der Waals surface area contributed by atoms with Gasteiger partial charge in [-0.1, -0.05) is 6.07 Å². The Morgan fingerprint density at radius 3 is 2.89 bits per heavy atom. The van der Waals surface area contributed by atoms with E-state index < -0.39 is 0 Å². The highest BCUT2D eigenvalue weighted by Gasteiger charge is 2.11. The molecule has 0 saturated carbocycles. The number of hydrogen-bond acceptors (Lipinski definition) is 4. The van der Waals surface area contributed by atoms with Gasteiger partial charge in [0.2, 0.25) is 5.91 Å². The molecule has 1 aromatic rings. The van der Waals surface area contributed by atoms with Gasteiger partial charge in [0, 0.05) is 17.9 Å². The van der Waals surface area contributed by atoms with Crippen molar-refractivity contribution in [2.24, 2.45) is 5.92 Å². The van der Waals surface area contributed by atoms with Crippen LogP contribution in [0.2, 0.25) is 0 Å². The van der Waals surface area contributed by atoms with E-state index in [9.17, 15) is 4.79 Å². The lowest BCUT2D eigenvalue weighted by molar-refractivity contribution is -0.117. The molecule has 19 heavy (non-hydrogen) atoms. The molecule has 5 heteroatoms. The molecule has 5 nitrogen and oxygen atoms in total. The summed E-state index contributed by atoms with van der Waals surface area (Å²) >= 11 is 0. The first-order valence-electron chi connectivity index (χ1n) is 6.17. The fourth-order valence-electron chi connectivity index (χ4n) is 1.80. The molecule has 0 heterocycles. The summed E-state index contributed by atoms with van der Waals surface area (Å²) in [6.45, 7) is 4.52. The van der Waals surface area contributed by atoms with E-state index in [4.69, 9.17) is 11.0 Å². The zero-order valence-corrected chi connectivity index (χ0v) is 11.6. The molecule has 0 aromatic heterocycles. The number of nitrogens with zero attached hydrogens (tertiary/aromatic N) is 2. The van der Waals surface area contributed by atoms with Gasteiger partial charge in [0.15, 0.2) is 0 Å². The van der Waals surface area contributed by atoms with Crippen molar-refractivity contribution < 1.29 is 4.79 Å². The van der Waals surface area contributed by atoms with Gasteiger partial charge >= 0.3 is 0 Å². The van der Waals surface area contributed by atoms with Gasteiger partial charge in [0.05, 0.1) is 18.5 Å². The van der Waals surface area contributed by atoms with E-state index in [0.717, 1.165) is 11.3 Å². The summed E-state index contributed by atoms with van der Waals surface area (Å²) in [5.41, 5.74) is 8.03. The first kappa shape index (κ1) is 15.0. The average molecular weight is 260 g/mol. The average Bonchev–Trinajstić information content (AvgIpc) is 2.34. The van der Waals surface area contributed by atoms with E-state index in [0.29, 0.717) is 12.2 Å². The van der Waals surface area contributed by atoms with Crippen molar-refractivity contribution in [2.75, 3.05) is 31.2 Å². The van der Waals surface area contributed by atoms with Crippen molar-refractivity contribution in [1.29, 1.82) is 5.26 Å². The number of carbonyl (C=O) groups is 1. The monoisotopic (exact) mass is 260 g/mol. The fraction of sp³-hybridized carbons (Fsp3) is 0.429. The number of nitrogen functional groups attached to an aromatic ring is 1. The van der Waals surface area contributed by atoms with Gasteiger partial charge in [-0.15, -0.1) is 0 Å². The van der Waals surface area contributed by atoms with Crippen molar-refractivity contribution in [3.63, 3.8) is 0 Å². The molecule has 1 atom stereocenters. The van der Waals surface area contributed by atoms with Crippen LogP contribution in [0.4, 0.5) is 11.4 Å². The number of nitrogens with one attached hydrogen (secondary N) is 1. The maximum atomic E-state index is 11.9. The predicted octanol–water partition coefficient (Wildman–Crippen LogP) is 1.61. The van der Waals surface area contributed by atoms with Crippen LogP contribution in [0.1, 0.15) is 12.5 Å². The molecule has 0 aliphatic heterocycles. The van der Waals surface area contributed by atoms with E-state index in [1.54, 1.807) is 12.1 Å². The smallest absolute Gasteiger partial charge is 0.238 e. The van der Waals surface area contributed by atoms with E-state index in [1.165, 1.54) is 0 Å². The van der Waals surface area contributed by atoms with E-state index in [-0.39, 0.29) is 18.4 Å². The highest BCUT2D eigenvalue weighted by Crippen LogP contribution is 2.20. The normalized spacial score (nSPS) is 11.9. The van der Waals surface area contributed by atoms with Crippen LogP contribution in [-0.2, 0) is 4.79 Å². The molecule has 1 aromatic carbocycles. The largest absolute Gasteiger partial charge is 0.398 e. The number of rotatable bonds is 5. The zero-order chi connectivity index (χ0) is 14.4. The van der Waals surface area contributed by atoms with Crippen molar-refractivity contribution in [3.8, 4) is 6.07 Å². The second-order valence-corrected chi connectivity index (χ2v) is 4.79. The van der Waals surface area contributed by atoms with E-state index in [1.807, 2.05) is 31.9 Å². The van der Waals surface area contributed by atoms with Crippen LogP contribution in [0.3, 0.4) is 0 Å². The third kappa shape index (κ3) is 4.60. The third-order valence-electron chi connectivity index (χ3n) is 2.87. The number of hydrogen-bond donors (Lipinski definition) is 2. The summed E-state index contributed by atoms with van der Waals surface area (Å²) in [6.07, 6.45) is 0. The van der Waals surface area contributed by atoms with Crippen LogP contribution in [0.5, 0.6) is 0 Å². The van der Waals surface area contributed by atoms with E-state index in [2.05, 4.69) is 11.4 Å². The lowest BCUT2D eigenvalue weighted by atomic mass is 10.1. The van der Waals surface area contributed by atoms with Crippen LogP contribution in [-0.4, -0.2) is 30.9 Å². The Morgan fingerprint density at radius 1 is 1.58 bits per heavy atom. The van der Waals surface area contributed by atoms with Crippen molar-refractivity contribution in [2.45, 2.75) is 13.8 Å². The molecule has 1 rings (SSSR count). The van der Waals surface area contributed by atoms with Crippen LogP contribution in [0.15, 0.2) is 18.2 Å². The molecule has 0 aliphatic rings. The first-order chi connectivity index (χ1) is 8.93. The minimum atomic E-state index is -0.110. The van der Waals surface area contributed by atoms with Crippen LogP contribution in [0, 0.1) is 24.2 Å². The number of amides is 1. The molecule has 0 fully saturated rings. The summed E-state index contributed by atoms with van der Waals surface area (Å²) in [4.78, 5) is 13.7. The highest BCUT2D eigenvalue weighted by molar-refractivity contribution is 5.93. The summed E-state index contributed by atoms with van der Waals surface area (Å²) in [5, 5.41) is 11.6. The second kappa shape index (κ2) is 6.76. The van der Waals surface area contributed by atoms with Gasteiger partial charge in [-0.2, -0.15) is 5.26 Å². The number of nitrogens with two attached hydrogens (primary N) is 1. The fourth-order valence-corrected chi connectivity index (χ4v) is 1.80. The van der Waals surface area contributed by atoms with Gasteiger partial charge in [-0.3, -0.25) is 9.69 Å². The Balaban J connectivity index is 2.56. The Labute approximate surface area is 114 Å². The molecule has 1 unspecified atom stereocenters. The maximum absolute atomic E-state index is 11.9. The van der Waals surface area contributed by atoms with Gasteiger partial charge in [0.25, 0.3) is 0 Å². The Bertz CT molecular complexity index is 493. The third-order valence-corrected chi connectivity index (χ3v) is 2.87. The SMILES string of the molecule is Cc1c(N)cccc1NC(=O)CN(C)CC(C)C#N. The molecular weight excluding hydrogens is 240 g/mol. The quantitative estimate of drug-likeness (QED) is 0.788. The molecule has 0 radical (unpaired) electrons. The molecule has 102 valence electrons. The van der Waals surface area contributed by atoms with Crippen LogP contribution >= 0.6 is 0 Å². The van der Waals surface area contributed by atoms with Crippen molar-refractivity contribution in [3.05, 3.63) is 23.8 Å². The van der Waals surface area contributed by atoms with Gasteiger partial charge in [-0.25, -0.2) is 0 Å². The van der Waals surface area contributed by atoms with E-state index >= 15 is 0 Å². The zero-order valence-electron chi connectivity index (χ0n) is 11.6. The minimum Gasteiger partial charge on any atom is -0.398 e. The molecule has 0 aliphatic carbocycles. The standard InChI is InChI=1S/C14H20N4O/c1-10(7-15)8-18(3)9-14(19)17-13-6-4-5-12(16)11(13)2/h4-6,10H,8-9,16H2,1-3H3,(H,17,19). The Kier molecular flexibility index (Phi) is 5.34. The van der Waals surface area contributed by atoms with Gasteiger partial charge in [0.1, 0.15) is 0 Å². The molecule has 0 spiro atoms. The second-order valence-electron chi connectivity index (χ2n) is 4.79. The summed E-state index contributed by atoms with van der Waals surface area (Å²) < 4.78 is 0. The van der Waals surface area contributed by atoms with Gasteiger partial charge in [-0.05, 0) is 38.6 Å². The molecule has 0 bridgehead atoms. The minimum absolute atomic E-state index is 0.0908. The Hall–Kier alpha value is -2.06. The van der Waals surface area contributed by atoms with Crippen LogP contribution < -0.4 is 11.1 Å². The Morgan fingerprint density at radius 2 is 2.26 bits per heavy atom. The van der Waals surface area contributed by atoms with Crippen molar-refractivity contribution in [1.82, 2.24) is 4.90 Å². The summed E-state index contributed by atoms with van der Waals surface area (Å²) in [6, 6.07) is 7.57. The van der Waals surface area contributed by atoms with Gasteiger partial charge < -0.3 is 11.1 Å². The van der Waals surface area contributed by atoms with Crippen LogP contribution in [0.25, 0.3) is 0 Å². The number of likely N-dealkylation sites (N-methyl/N-ethyl adjacent to an activating group) is 1. The predicted molar refractivity (Wildman–Crippen MR) is 76.5 cm³/mol. The number of nitriles is 1. The highest BCUT2D eigenvalue weighted by atomic mass is 16.2. The molecule has 1 amide bonds. The number of carbonyl (C=O) groups excluding carboxylic acids is 1. The summed E-state index contributed by atoms with van der Waals surface area (Å²) in [5.74, 6) is -0.201. The summed E-state index contributed by atoms with van der Waals surface area (Å²) in [7, 11) is 1.82. The topological polar surface area (TPSA) is 82.2 Å². The lowest BCUT2D eigenvalue weighted by Crippen LogP contribution is -2.33. The molecular formula is C14H20N4O. The maximum Gasteiger partial charge on any atom is 0.238 e. The lowest BCUT2D eigenvalue weighted by Gasteiger charge is -2.18. The van der Waals surface area contributed by atoms with Crippen molar-refractivity contribution >= 4 is 17.3 Å². The molecule has 0 saturated heterocycles. The first-order valence-corrected chi connectivity index (χ1v) is 6.17.